The number of hydrogen-bond acceptors (Lipinski definition) is 3. The van der Waals surface area contributed by atoms with Crippen LogP contribution < -0.4 is 9.88 Å². The number of hydrogen-bond donors (Lipinski definition) is 1. The lowest BCUT2D eigenvalue weighted by Crippen LogP contribution is -2.12. The molecular formula is C13H10BrCl2NO3S. The van der Waals surface area contributed by atoms with Gasteiger partial charge in [-0.3, -0.25) is 0 Å². The summed E-state index contributed by atoms with van der Waals surface area (Å²) in [4.78, 5) is -0.159. The maximum absolute atomic E-state index is 11.3. The Morgan fingerprint density at radius 2 is 1.62 bits per heavy atom. The second-order valence-electron chi connectivity index (χ2n) is 4.18. The van der Waals surface area contributed by atoms with Gasteiger partial charge in [-0.2, -0.15) is 0 Å². The fourth-order valence-electron chi connectivity index (χ4n) is 1.57. The smallest absolute Gasteiger partial charge is 0.238 e. The highest BCUT2D eigenvalue weighted by atomic mass is 79.9. The highest BCUT2D eigenvalue weighted by Gasteiger charge is 2.15. The molecular weight excluding hydrogens is 401 g/mol. The molecule has 0 unspecified atom stereocenters. The van der Waals surface area contributed by atoms with E-state index in [4.69, 9.17) is 33.1 Å². The summed E-state index contributed by atoms with van der Waals surface area (Å²) >= 11 is 15.3. The number of nitrogens with two attached hydrogens (primary N) is 1. The second kappa shape index (κ2) is 6.54. The number of benzene rings is 2. The van der Waals surface area contributed by atoms with Gasteiger partial charge in [-0.25, -0.2) is 13.6 Å². The maximum Gasteiger partial charge on any atom is 0.238 e. The molecule has 2 aromatic carbocycles. The van der Waals surface area contributed by atoms with Crippen molar-refractivity contribution in [3.05, 3.63) is 56.5 Å². The van der Waals surface area contributed by atoms with Crippen LogP contribution in [0.1, 0.15) is 5.56 Å². The fraction of sp³-hybridized carbons (Fsp3) is 0.0769. The Balaban J connectivity index is 2.23. The van der Waals surface area contributed by atoms with E-state index in [-0.39, 0.29) is 27.3 Å². The minimum absolute atomic E-state index is 0.0867. The standard InChI is InChI=1S/C13H10BrCl2NO3S/c14-9-3-1-8(2-4-9)7-20-13-11(15)5-10(6-12(13)16)21(17,18)19/h1-6H,7H2,(H2,17,18,19). The molecule has 0 aromatic heterocycles. The van der Waals surface area contributed by atoms with E-state index < -0.39 is 10.0 Å². The molecule has 2 rings (SSSR count). The van der Waals surface area contributed by atoms with Crippen LogP contribution in [0, 0.1) is 0 Å². The molecule has 0 radical (unpaired) electrons. The van der Waals surface area contributed by atoms with Crippen molar-refractivity contribution in [2.24, 2.45) is 5.14 Å². The van der Waals surface area contributed by atoms with Crippen LogP contribution in [0.3, 0.4) is 0 Å². The highest BCUT2D eigenvalue weighted by molar-refractivity contribution is 9.10. The molecule has 0 bridgehead atoms. The molecule has 0 fully saturated rings. The quantitative estimate of drug-likeness (QED) is 0.828. The molecule has 0 heterocycles. The molecule has 2 N–H and O–H groups in total. The molecule has 0 aliphatic rings. The van der Waals surface area contributed by atoms with E-state index in [9.17, 15) is 8.42 Å². The topological polar surface area (TPSA) is 69.4 Å². The van der Waals surface area contributed by atoms with Gasteiger partial charge in [0.25, 0.3) is 0 Å². The lowest BCUT2D eigenvalue weighted by molar-refractivity contribution is 0.306. The van der Waals surface area contributed by atoms with Crippen molar-refractivity contribution in [1.82, 2.24) is 0 Å². The predicted octanol–water partition coefficient (Wildman–Crippen LogP) is 3.98. The van der Waals surface area contributed by atoms with Gasteiger partial charge in [0.05, 0.1) is 14.9 Å². The second-order valence-corrected chi connectivity index (χ2v) is 7.47. The van der Waals surface area contributed by atoms with Crippen molar-refractivity contribution < 1.29 is 13.2 Å². The van der Waals surface area contributed by atoms with E-state index in [1.165, 1.54) is 12.1 Å². The summed E-state index contributed by atoms with van der Waals surface area (Å²) in [5, 5.41) is 5.21. The van der Waals surface area contributed by atoms with Crippen LogP contribution in [0.25, 0.3) is 0 Å². The molecule has 0 amide bonds. The molecule has 0 spiro atoms. The van der Waals surface area contributed by atoms with Crippen LogP contribution in [0.15, 0.2) is 45.8 Å². The summed E-state index contributed by atoms with van der Waals surface area (Å²) in [5.74, 6) is 0.216. The molecule has 21 heavy (non-hydrogen) atoms. The molecule has 4 nitrogen and oxygen atoms in total. The SMILES string of the molecule is NS(=O)(=O)c1cc(Cl)c(OCc2ccc(Br)cc2)c(Cl)c1. The van der Waals surface area contributed by atoms with E-state index in [0.29, 0.717) is 0 Å². The van der Waals surface area contributed by atoms with Gasteiger partial charge in [-0.05, 0) is 29.8 Å². The maximum atomic E-state index is 11.3. The first-order valence-electron chi connectivity index (χ1n) is 5.66. The first-order valence-corrected chi connectivity index (χ1v) is 8.76. The molecule has 112 valence electrons. The van der Waals surface area contributed by atoms with Crippen LogP contribution in [-0.4, -0.2) is 8.42 Å². The van der Waals surface area contributed by atoms with Gasteiger partial charge in [-0.1, -0.05) is 51.3 Å². The minimum Gasteiger partial charge on any atom is -0.486 e. The summed E-state index contributed by atoms with van der Waals surface area (Å²) in [7, 11) is -3.87. The lowest BCUT2D eigenvalue weighted by Gasteiger charge is -2.11. The number of ether oxygens (including phenoxy) is 1. The van der Waals surface area contributed by atoms with Crippen LogP contribution in [0.2, 0.25) is 10.0 Å². The zero-order chi connectivity index (χ0) is 15.6. The predicted molar refractivity (Wildman–Crippen MR) is 86.3 cm³/mol. The van der Waals surface area contributed by atoms with Crippen LogP contribution >= 0.6 is 39.1 Å². The van der Waals surface area contributed by atoms with Crippen molar-refractivity contribution >= 4 is 49.2 Å². The molecule has 0 saturated heterocycles. The summed E-state index contributed by atoms with van der Waals surface area (Å²) in [6, 6.07) is 9.94. The van der Waals surface area contributed by atoms with Crippen molar-refractivity contribution in [3.63, 3.8) is 0 Å². The van der Waals surface area contributed by atoms with Crippen LogP contribution in [-0.2, 0) is 16.6 Å². The van der Waals surface area contributed by atoms with Gasteiger partial charge in [0.2, 0.25) is 10.0 Å². The molecule has 0 saturated carbocycles. The van der Waals surface area contributed by atoms with Crippen molar-refractivity contribution in [3.8, 4) is 5.75 Å². The molecule has 0 aliphatic heterocycles. The van der Waals surface area contributed by atoms with Gasteiger partial charge in [0, 0.05) is 4.47 Å². The lowest BCUT2D eigenvalue weighted by atomic mass is 10.2. The third-order valence-electron chi connectivity index (χ3n) is 2.60. The largest absolute Gasteiger partial charge is 0.486 e. The molecule has 2 aromatic rings. The van der Waals surface area contributed by atoms with E-state index >= 15 is 0 Å². The summed E-state index contributed by atoms with van der Waals surface area (Å²) < 4.78 is 29.1. The third-order valence-corrected chi connectivity index (χ3v) is 4.58. The average molecular weight is 411 g/mol. The number of primary sulfonamides is 1. The van der Waals surface area contributed by atoms with E-state index in [1.54, 1.807) is 0 Å². The van der Waals surface area contributed by atoms with Crippen molar-refractivity contribution in [1.29, 1.82) is 0 Å². The van der Waals surface area contributed by atoms with Gasteiger partial charge < -0.3 is 4.74 Å². The highest BCUT2D eigenvalue weighted by Crippen LogP contribution is 2.35. The van der Waals surface area contributed by atoms with Gasteiger partial charge in [0.1, 0.15) is 6.61 Å². The first-order chi connectivity index (χ1) is 9.77. The molecule has 0 aliphatic carbocycles. The van der Waals surface area contributed by atoms with Gasteiger partial charge in [0.15, 0.2) is 5.75 Å². The molecule has 8 heteroatoms. The van der Waals surface area contributed by atoms with Gasteiger partial charge in [-0.15, -0.1) is 0 Å². The minimum atomic E-state index is -3.87. The Labute approximate surface area is 141 Å². The van der Waals surface area contributed by atoms with Crippen LogP contribution in [0.4, 0.5) is 0 Å². The fourth-order valence-corrected chi connectivity index (χ4v) is 3.13. The Morgan fingerprint density at radius 1 is 1.10 bits per heavy atom. The Kier molecular flexibility index (Phi) is 5.16. The van der Waals surface area contributed by atoms with Crippen molar-refractivity contribution in [2.45, 2.75) is 11.5 Å². The molecule has 0 atom stereocenters. The summed E-state index contributed by atoms with van der Waals surface area (Å²) in [6.07, 6.45) is 0. The number of rotatable bonds is 4. The zero-order valence-corrected chi connectivity index (χ0v) is 14.4. The Hall–Kier alpha value is -0.790. The van der Waals surface area contributed by atoms with E-state index in [1.807, 2.05) is 24.3 Å². The third kappa shape index (κ3) is 4.34. The summed E-state index contributed by atoms with van der Waals surface area (Å²) in [5.41, 5.74) is 0.917. The van der Waals surface area contributed by atoms with Gasteiger partial charge >= 0.3 is 0 Å². The van der Waals surface area contributed by atoms with E-state index in [2.05, 4.69) is 15.9 Å². The normalized spacial score (nSPS) is 11.4. The number of halogens is 3. The number of sulfonamides is 1. The zero-order valence-electron chi connectivity index (χ0n) is 10.5. The Bertz CT molecular complexity index is 740. The Morgan fingerprint density at radius 3 is 2.10 bits per heavy atom. The van der Waals surface area contributed by atoms with Crippen molar-refractivity contribution in [2.75, 3.05) is 0 Å². The van der Waals surface area contributed by atoms with Crippen LogP contribution in [0.5, 0.6) is 5.75 Å². The first kappa shape index (κ1) is 16.6. The monoisotopic (exact) mass is 409 g/mol. The average Bonchev–Trinajstić information content (AvgIpc) is 2.38. The summed E-state index contributed by atoms with van der Waals surface area (Å²) in [6.45, 7) is 0.251. The van der Waals surface area contributed by atoms with E-state index in [0.717, 1.165) is 10.0 Å².